The number of halogens is 2. The summed E-state index contributed by atoms with van der Waals surface area (Å²) in [5.41, 5.74) is 6.08. The summed E-state index contributed by atoms with van der Waals surface area (Å²) in [6.45, 7) is 0. The van der Waals surface area contributed by atoms with Gasteiger partial charge < -0.3 is 15.8 Å². The second-order valence-corrected chi connectivity index (χ2v) is 5.29. The van der Waals surface area contributed by atoms with Gasteiger partial charge in [-0.1, -0.05) is 6.42 Å². The monoisotopic (exact) mass is 330 g/mol. The number of amides is 1. The molecule has 1 aromatic carbocycles. The van der Waals surface area contributed by atoms with Crippen LogP contribution in [0.2, 0.25) is 0 Å². The molecule has 0 unspecified atom stereocenters. The molecule has 0 spiro atoms. The lowest BCUT2D eigenvalue weighted by molar-refractivity contribution is -0.117. The fourth-order valence-electron chi connectivity index (χ4n) is 2.62. The molecular formula is C15H20ClFN2O3. The zero-order chi connectivity index (χ0) is 15.4. The Morgan fingerprint density at radius 3 is 2.73 bits per heavy atom. The minimum absolute atomic E-state index is 0. The molecule has 5 nitrogen and oxygen atoms in total. The van der Waals surface area contributed by atoms with E-state index >= 15 is 0 Å². The van der Waals surface area contributed by atoms with Gasteiger partial charge in [-0.05, 0) is 37.0 Å². The Morgan fingerprint density at radius 2 is 2.14 bits per heavy atom. The van der Waals surface area contributed by atoms with Gasteiger partial charge in [-0.15, -0.1) is 12.4 Å². The van der Waals surface area contributed by atoms with Gasteiger partial charge in [0.2, 0.25) is 5.91 Å². The minimum Gasteiger partial charge on any atom is -0.465 e. The third-order valence-electron chi connectivity index (χ3n) is 3.83. The van der Waals surface area contributed by atoms with Crippen LogP contribution in [0.1, 0.15) is 36.0 Å². The number of carbonyl (C=O) groups excluding carboxylic acids is 2. The van der Waals surface area contributed by atoms with E-state index in [0.29, 0.717) is 0 Å². The van der Waals surface area contributed by atoms with Crippen molar-refractivity contribution in [1.82, 2.24) is 0 Å². The SMILES string of the molecule is COC(=O)c1ccc(F)c(NC(=O)C[C@@H]2CCC[C@H]2N)c1.Cl. The van der Waals surface area contributed by atoms with Crippen molar-refractivity contribution in [3.63, 3.8) is 0 Å². The number of hydrogen-bond acceptors (Lipinski definition) is 4. The summed E-state index contributed by atoms with van der Waals surface area (Å²) in [5, 5.41) is 2.50. The summed E-state index contributed by atoms with van der Waals surface area (Å²) < 4.78 is 18.3. The molecule has 0 aromatic heterocycles. The van der Waals surface area contributed by atoms with Crippen LogP contribution >= 0.6 is 12.4 Å². The second-order valence-electron chi connectivity index (χ2n) is 5.29. The van der Waals surface area contributed by atoms with Gasteiger partial charge in [0.1, 0.15) is 5.82 Å². The van der Waals surface area contributed by atoms with E-state index < -0.39 is 11.8 Å². The number of carbonyl (C=O) groups is 2. The Balaban J connectivity index is 0.00000242. The molecule has 1 aliphatic carbocycles. The minimum atomic E-state index is -0.591. The average molecular weight is 331 g/mol. The predicted octanol–water partition coefficient (Wildman–Crippen LogP) is 2.49. The number of rotatable bonds is 4. The number of nitrogens with two attached hydrogens (primary N) is 1. The van der Waals surface area contributed by atoms with Gasteiger partial charge in [-0.2, -0.15) is 0 Å². The van der Waals surface area contributed by atoms with Crippen LogP contribution in [0.5, 0.6) is 0 Å². The van der Waals surface area contributed by atoms with Crippen LogP contribution in [-0.4, -0.2) is 25.0 Å². The maximum atomic E-state index is 13.7. The lowest BCUT2D eigenvalue weighted by Gasteiger charge is -2.15. The molecule has 0 heterocycles. The third kappa shape index (κ3) is 4.42. The summed E-state index contributed by atoms with van der Waals surface area (Å²) in [4.78, 5) is 23.4. The Bertz CT molecular complexity index is 554. The lowest BCUT2D eigenvalue weighted by atomic mass is 10.00. The van der Waals surface area contributed by atoms with Crippen molar-refractivity contribution in [1.29, 1.82) is 0 Å². The molecule has 122 valence electrons. The molecule has 0 radical (unpaired) electrons. The van der Waals surface area contributed by atoms with Crippen molar-refractivity contribution < 1.29 is 18.7 Å². The van der Waals surface area contributed by atoms with E-state index in [9.17, 15) is 14.0 Å². The molecule has 0 bridgehead atoms. The molecule has 2 atom stereocenters. The highest BCUT2D eigenvalue weighted by molar-refractivity contribution is 5.94. The highest BCUT2D eigenvalue weighted by Gasteiger charge is 2.26. The first-order valence-corrected chi connectivity index (χ1v) is 6.94. The number of anilines is 1. The van der Waals surface area contributed by atoms with E-state index in [1.807, 2.05) is 0 Å². The highest BCUT2D eigenvalue weighted by atomic mass is 35.5. The van der Waals surface area contributed by atoms with Crippen LogP contribution in [0.25, 0.3) is 0 Å². The normalized spacial score (nSPS) is 20.1. The predicted molar refractivity (Wildman–Crippen MR) is 83.6 cm³/mol. The van der Waals surface area contributed by atoms with Crippen molar-refractivity contribution in [2.75, 3.05) is 12.4 Å². The summed E-state index contributed by atoms with van der Waals surface area (Å²) in [6, 6.07) is 3.74. The van der Waals surface area contributed by atoms with Crippen molar-refractivity contribution in [3.05, 3.63) is 29.6 Å². The molecule has 1 saturated carbocycles. The topological polar surface area (TPSA) is 81.4 Å². The van der Waals surface area contributed by atoms with Gasteiger partial charge in [-0.25, -0.2) is 9.18 Å². The Morgan fingerprint density at radius 1 is 1.41 bits per heavy atom. The molecule has 22 heavy (non-hydrogen) atoms. The lowest BCUT2D eigenvalue weighted by Crippen LogP contribution is -2.28. The van der Waals surface area contributed by atoms with Gasteiger partial charge in [-0.3, -0.25) is 4.79 Å². The largest absolute Gasteiger partial charge is 0.465 e. The molecule has 2 rings (SSSR count). The third-order valence-corrected chi connectivity index (χ3v) is 3.83. The summed E-state index contributed by atoms with van der Waals surface area (Å²) in [7, 11) is 1.24. The number of benzene rings is 1. The molecule has 0 saturated heterocycles. The van der Waals surface area contributed by atoms with Gasteiger partial charge in [0.05, 0.1) is 18.4 Å². The Labute approximate surface area is 134 Å². The van der Waals surface area contributed by atoms with Gasteiger partial charge in [0.15, 0.2) is 0 Å². The van der Waals surface area contributed by atoms with Crippen molar-refractivity contribution >= 4 is 30.0 Å². The van der Waals surface area contributed by atoms with Crippen molar-refractivity contribution in [2.45, 2.75) is 31.7 Å². The molecule has 1 fully saturated rings. The number of methoxy groups -OCH3 is 1. The van der Waals surface area contributed by atoms with Gasteiger partial charge >= 0.3 is 5.97 Å². The van der Waals surface area contributed by atoms with Crippen molar-refractivity contribution in [3.8, 4) is 0 Å². The van der Waals surface area contributed by atoms with E-state index in [4.69, 9.17) is 5.73 Å². The Kier molecular flexibility index (Phi) is 6.77. The molecule has 7 heteroatoms. The maximum absolute atomic E-state index is 13.7. The maximum Gasteiger partial charge on any atom is 0.337 e. The Hall–Kier alpha value is -1.66. The summed E-state index contributed by atoms with van der Waals surface area (Å²) in [6.07, 6.45) is 3.12. The van der Waals surface area contributed by atoms with Crippen LogP contribution in [0.4, 0.5) is 10.1 Å². The molecule has 1 aromatic rings. The molecule has 1 aliphatic rings. The second kappa shape index (κ2) is 8.10. The average Bonchev–Trinajstić information content (AvgIpc) is 2.85. The van der Waals surface area contributed by atoms with Gasteiger partial charge in [0.25, 0.3) is 0 Å². The van der Waals surface area contributed by atoms with Crippen LogP contribution in [0, 0.1) is 11.7 Å². The fourth-order valence-corrected chi connectivity index (χ4v) is 2.62. The standard InChI is InChI=1S/C15H19FN2O3.ClH/c1-21-15(20)10-5-6-11(16)13(7-10)18-14(19)8-9-3-2-4-12(9)17;/h5-7,9,12H,2-4,8,17H2,1H3,(H,18,19);1H/t9-,12+;/m0./s1. The first kappa shape index (κ1) is 18.4. The summed E-state index contributed by atoms with van der Waals surface area (Å²) >= 11 is 0. The molecular weight excluding hydrogens is 311 g/mol. The number of hydrogen-bond donors (Lipinski definition) is 2. The number of esters is 1. The fraction of sp³-hybridized carbons (Fsp3) is 0.467. The quantitative estimate of drug-likeness (QED) is 0.831. The zero-order valence-corrected chi connectivity index (χ0v) is 13.1. The first-order valence-electron chi connectivity index (χ1n) is 6.94. The number of nitrogens with one attached hydrogen (secondary N) is 1. The molecule has 0 aliphatic heterocycles. The first-order chi connectivity index (χ1) is 10.0. The zero-order valence-electron chi connectivity index (χ0n) is 12.3. The van der Waals surface area contributed by atoms with Crippen molar-refractivity contribution in [2.24, 2.45) is 11.7 Å². The van der Waals surface area contributed by atoms with Crippen LogP contribution in [-0.2, 0) is 9.53 Å². The van der Waals surface area contributed by atoms with E-state index in [-0.39, 0.29) is 47.9 Å². The molecule has 3 N–H and O–H groups in total. The van der Waals surface area contributed by atoms with Crippen LogP contribution < -0.4 is 11.1 Å². The van der Waals surface area contributed by atoms with E-state index in [1.165, 1.54) is 19.2 Å². The van der Waals surface area contributed by atoms with E-state index in [0.717, 1.165) is 25.3 Å². The number of ether oxygens (including phenoxy) is 1. The van der Waals surface area contributed by atoms with Gasteiger partial charge in [0, 0.05) is 12.5 Å². The van der Waals surface area contributed by atoms with E-state index in [2.05, 4.69) is 10.1 Å². The smallest absolute Gasteiger partial charge is 0.337 e. The van der Waals surface area contributed by atoms with E-state index in [1.54, 1.807) is 0 Å². The highest BCUT2D eigenvalue weighted by Crippen LogP contribution is 2.27. The molecule has 1 amide bonds. The summed E-state index contributed by atoms with van der Waals surface area (Å²) in [5.74, 6) is -1.33. The van der Waals surface area contributed by atoms with Crippen LogP contribution in [0.15, 0.2) is 18.2 Å². The van der Waals surface area contributed by atoms with Crippen LogP contribution in [0.3, 0.4) is 0 Å².